The quantitative estimate of drug-likeness (QED) is 0.873. The molecule has 0 aliphatic heterocycles. The fourth-order valence-electron chi connectivity index (χ4n) is 2.62. The molecule has 1 aliphatic rings. The van der Waals surface area contributed by atoms with Gasteiger partial charge in [-0.15, -0.1) is 0 Å². The van der Waals surface area contributed by atoms with Gasteiger partial charge in [-0.05, 0) is 56.7 Å². The molecule has 1 aromatic carbocycles. The summed E-state index contributed by atoms with van der Waals surface area (Å²) in [7, 11) is 0. The maximum Gasteiger partial charge on any atom is 0.260 e. The molecule has 1 fully saturated rings. The Morgan fingerprint density at radius 2 is 2.14 bits per heavy atom. The van der Waals surface area contributed by atoms with Crippen molar-refractivity contribution in [2.24, 2.45) is 5.92 Å². The maximum atomic E-state index is 13.0. The summed E-state index contributed by atoms with van der Waals surface area (Å²) in [5.41, 5.74) is 0. The van der Waals surface area contributed by atoms with E-state index in [4.69, 9.17) is 21.4 Å². The van der Waals surface area contributed by atoms with E-state index < -0.39 is 11.9 Å². The Hall–Kier alpha value is -1.33. The van der Waals surface area contributed by atoms with Crippen molar-refractivity contribution >= 4 is 17.5 Å². The van der Waals surface area contributed by atoms with Crippen LogP contribution < -0.4 is 10.1 Å². The Labute approximate surface area is 134 Å². The van der Waals surface area contributed by atoms with Crippen LogP contribution in [0.25, 0.3) is 0 Å². The monoisotopic (exact) mass is 329 g/mol. The topological polar surface area (TPSA) is 58.6 Å². The fraction of sp³-hybridized carbons (Fsp3) is 0.562. The van der Waals surface area contributed by atoms with Gasteiger partial charge in [0.15, 0.2) is 6.10 Å². The van der Waals surface area contributed by atoms with E-state index in [9.17, 15) is 9.18 Å². The first-order valence-electron chi connectivity index (χ1n) is 7.52. The smallest absolute Gasteiger partial charge is 0.260 e. The minimum atomic E-state index is -0.710. The first-order chi connectivity index (χ1) is 10.5. The highest BCUT2D eigenvalue weighted by Gasteiger charge is 2.24. The Morgan fingerprint density at radius 3 is 2.73 bits per heavy atom. The molecule has 2 N–H and O–H groups in total. The number of rotatable bonds is 5. The summed E-state index contributed by atoms with van der Waals surface area (Å²) in [5, 5.41) is 12.2. The number of aliphatic hydroxyl groups is 1. The molecule has 0 aromatic heterocycles. The van der Waals surface area contributed by atoms with Crippen molar-refractivity contribution in [2.45, 2.75) is 44.8 Å². The van der Waals surface area contributed by atoms with Crippen molar-refractivity contribution in [1.82, 2.24) is 5.32 Å². The van der Waals surface area contributed by atoms with E-state index >= 15 is 0 Å². The number of halogens is 2. The second-order valence-electron chi connectivity index (χ2n) is 5.74. The van der Waals surface area contributed by atoms with Gasteiger partial charge in [0.05, 0.1) is 5.02 Å². The molecule has 4 nitrogen and oxygen atoms in total. The molecule has 122 valence electrons. The zero-order chi connectivity index (χ0) is 16.1. The van der Waals surface area contributed by atoms with Gasteiger partial charge < -0.3 is 15.2 Å². The fourth-order valence-corrected chi connectivity index (χ4v) is 2.83. The predicted octanol–water partition coefficient (Wildman–Crippen LogP) is 2.91. The van der Waals surface area contributed by atoms with Gasteiger partial charge in [0.2, 0.25) is 0 Å². The highest BCUT2D eigenvalue weighted by atomic mass is 35.5. The molecule has 0 radical (unpaired) electrons. The number of carbonyl (C=O) groups is 1. The first-order valence-corrected chi connectivity index (χ1v) is 7.90. The number of amides is 1. The van der Waals surface area contributed by atoms with Gasteiger partial charge in [-0.1, -0.05) is 11.6 Å². The average Bonchev–Trinajstić information content (AvgIpc) is 2.50. The SMILES string of the molecule is CC(Oc1ccc(F)cc1Cl)C(=O)NC1CCC(CO)CC1. The second kappa shape index (κ2) is 7.79. The van der Waals surface area contributed by atoms with Crippen LogP contribution in [-0.2, 0) is 4.79 Å². The highest BCUT2D eigenvalue weighted by Crippen LogP contribution is 2.26. The van der Waals surface area contributed by atoms with Crippen molar-refractivity contribution in [3.63, 3.8) is 0 Å². The number of hydrogen-bond donors (Lipinski definition) is 2. The molecule has 0 spiro atoms. The van der Waals surface area contributed by atoms with Crippen LogP contribution in [-0.4, -0.2) is 29.8 Å². The van der Waals surface area contributed by atoms with Crippen molar-refractivity contribution in [3.05, 3.63) is 29.0 Å². The summed E-state index contributed by atoms with van der Waals surface area (Å²) >= 11 is 5.88. The normalized spacial score (nSPS) is 22.9. The average molecular weight is 330 g/mol. The maximum absolute atomic E-state index is 13.0. The van der Waals surface area contributed by atoms with Crippen LogP contribution in [0.15, 0.2) is 18.2 Å². The Kier molecular flexibility index (Phi) is 6.03. The molecule has 0 saturated heterocycles. The van der Waals surface area contributed by atoms with Crippen LogP contribution in [0, 0.1) is 11.7 Å². The van der Waals surface area contributed by atoms with E-state index in [0.29, 0.717) is 5.92 Å². The molecule has 2 rings (SSSR count). The zero-order valence-corrected chi connectivity index (χ0v) is 13.3. The predicted molar refractivity (Wildman–Crippen MR) is 82.5 cm³/mol. The van der Waals surface area contributed by atoms with Gasteiger partial charge in [0.1, 0.15) is 11.6 Å². The molecule has 1 amide bonds. The number of nitrogens with one attached hydrogen (secondary N) is 1. The largest absolute Gasteiger partial charge is 0.479 e. The van der Waals surface area contributed by atoms with E-state index in [1.54, 1.807) is 6.92 Å². The number of carbonyl (C=O) groups excluding carboxylic acids is 1. The summed E-state index contributed by atoms with van der Waals surface area (Å²) < 4.78 is 18.5. The van der Waals surface area contributed by atoms with Crippen LogP contribution in [0.1, 0.15) is 32.6 Å². The van der Waals surface area contributed by atoms with E-state index in [1.807, 2.05) is 0 Å². The van der Waals surface area contributed by atoms with E-state index in [0.717, 1.165) is 31.7 Å². The lowest BCUT2D eigenvalue weighted by Crippen LogP contribution is -2.44. The number of aliphatic hydroxyl groups excluding tert-OH is 1. The van der Waals surface area contributed by atoms with Crippen molar-refractivity contribution < 1.29 is 19.0 Å². The second-order valence-corrected chi connectivity index (χ2v) is 6.15. The van der Waals surface area contributed by atoms with Crippen LogP contribution >= 0.6 is 11.6 Å². The number of ether oxygens (including phenoxy) is 1. The Bertz CT molecular complexity index is 518. The third-order valence-electron chi connectivity index (χ3n) is 4.02. The summed E-state index contributed by atoms with van der Waals surface area (Å²) in [6.07, 6.45) is 2.85. The molecule has 1 unspecified atom stereocenters. The van der Waals surface area contributed by atoms with Gasteiger partial charge in [0, 0.05) is 12.6 Å². The lowest BCUT2D eigenvalue weighted by molar-refractivity contribution is -0.128. The molecular formula is C16H21ClFNO3. The van der Waals surface area contributed by atoms with Gasteiger partial charge in [0.25, 0.3) is 5.91 Å². The Balaban J connectivity index is 1.84. The molecule has 1 aliphatic carbocycles. The molecule has 0 bridgehead atoms. The first kappa shape index (κ1) is 17.0. The minimum absolute atomic E-state index is 0.116. The van der Waals surface area contributed by atoms with Crippen LogP contribution in [0.3, 0.4) is 0 Å². The molecule has 1 atom stereocenters. The number of hydrogen-bond acceptors (Lipinski definition) is 3. The third kappa shape index (κ3) is 4.58. The molecule has 1 aromatic rings. The van der Waals surface area contributed by atoms with Gasteiger partial charge in [-0.3, -0.25) is 4.79 Å². The van der Waals surface area contributed by atoms with Crippen LogP contribution in [0.4, 0.5) is 4.39 Å². The highest BCUT2D eigenvalue weighted by molar-refractivity contribution is 6.32. The van der Waals surface area contributed by atoms with Crippen molar-refractivity contribution in [1.29, 1.82) is 0 Å². The minimum Gasteiger partial charge on any atom is -0.479 e. The lowest BCUT2D eigenvalue weighted by atomic mass is 9.86. The van der Waals surface area contributed by atoms with Gasteiger partial charge in [-0.2, -0.15) is 0 Å². The standard InChI is InChI=1S/C16H21ClFNO3/c1-10(22-15-7-4-12(18)8-14(15)17)16(21)19-13-5-2-11(9-20)3-6-13/h4,7-8,10-11,13,20H,2-3,5-6,9H2,1H3,(H,19,21). The van der Waals surface area contributed by atoms with Crippen molar-refractivity contribution in [3.8, 4) is 5.75 Å². The molecular weight excluding hydrogens is 309 g/mol. The van der Waals surface area contributed by atoms with Gasteiger partial charge >= 0.3 is 0 Å². The van der Waals surface area contributed by atoms with Gasteiger partial charge in [-0.25, -0.2) is 4.39 Å². The molecule has 1 saturated carbocycles. The number of benzene rings is 1. The third-order valence-corrected chi connectivity index (χ3v) is 4.31. The summed E-state index contributed by atoms with van der Waals surface area (Å²) in [6.45, 7) is 1.84. The molecule has 0 heterocycles. The zero-order valence-electron chi connectivity index (χ0n) is 12.5. The summed E-state index contributed by atoms with van der Waals surface area (Å²) in [5.74, 6) is -0.0301. The molecule has 6 heteroatoms. The van der Waals surface area contributed by atoms with Crippen molar-refractivity contribution in [2.75, 3.05) is 6.61 Å². The lowest BCUT2D eigenvalue weighted by Gasteiger charge is -2.29. The Morgan fingerprint density at radius 1 is 1.45 bits per heavy atom. The summed E-state index contributed by atoms with van der Waals surface area (Å²) in [4.78, 5) is 12.1. The molecule has 22 heavy (non-hydrogen) atoms. The summed E-state index contributed by atoms with van der Waals surface area (Å²) in [6, 6.07) is 3.91. The van der Waals surface area contributed by atoms with Crippen LogP contribution in [0.2, 0.25) is 5.02 Å². The van der Waals surface area contributed by atoms with Crippen LogP contribution in [0.5, 0.6) is 5.75 Å². The van der Waals surface area contributed by atoms with E-state index in [1.165, 1.54) is 12.1 Å². The van der Waals surface area contributed by atoms with E-state index in [-0.39, 0.29) is 29.3 Å². The van der Waals surface area contributed by atoms with E-state index in [2.05, 4.69) is 5.32 Å².